The van der Waals surface area contributed by atoms with Crippen LogP contribution in [0.15, 0.2) is 39.7 Å². The molecule has 0 aliphatic rings. The SMILES string of the molecule is COc1ccccc1C(C)CNc1cnn(C)c(=O)c1Br. The summed E-state index contributed by atoms with van der Waals surface area (Å²) in [7, 11) is 3.29. The zero-order valence-corrected chi connectivity index (χ0v) is 13.8. The fraction of sp³-hybridized carbons (Fsp3) is 0.333. The summed E-state index contributed by atoms with van der Waals surface area (Å²) in [6, 6.07) is 7.93. The molecule has 1 aromatic carbocycles. The van der Waals surface area contributed by atoms with Gasteiger partial charge in [-0.2, -0.15) is 5.10 Å². The van der Waals surface area contributed by atoms with Crippen LogP contribution >= 0.6 is 15.9 Å². The number of hydrogen-bond donors (Lipinski definition) is 1. The van der Waals surface area contributed by atoms with Gasteiger partial charge in [0.15, 0.2) is 0 Å². The maximum absolute atomic E-state index is 11.8. The average Bonchev–Trinajstić information content (AvgIpc) is 2.51. The van der Waals surface area contributed by atoms with Gasteiger partial charge in [-0.1, -0.05) is 25.1 Å². The van der Waals surface area contributed by atoms with E-state index in [0.29, 0.717) is 16.7 Å². The van der Waals surface area contributed by atoms with Gasteiger partial charge in [0.2, 0.25) is 0 Å². The summed E-state index contributed by atoms with van der Waals surface area (Å²) in [5.41, 5.74) is 1.66. The van der Waals surface area contributed by atoms with Crippen molar-refractivity contribution in [1.29, 1.82) is 0 Å². The number of halogens is 1. The van der Waals surface area contributed by atoms with Gasteiger partial charge < -0.3 is 10.1 Å². The minimum absolute atomic E-state index is 0.162. The van der Waals surface area contributed by atoms with Crippen molar-refractivity contribution >= 4 is 21.6 Å². The van der Waals surface area contributed by atoms with Crippen molar-refractivity contribution in [2.75, 3.05) is 19.0 Å². The van der Waals surface area contributed by atoms with Crippen LogP contribution in [0.1, 0.15) is 18.4 Å². The normalized spacial score (nSPS) is 12.0. The van der Waals surface area contributed by atoms with E-state index in [0.717, 1.165) is 11.3 Å². The lowest BCUT2D eigenvalue weighted by molar-refractivity contribution is 0.407. The third-order valence-electron chi connectivity index (χ3n) is 3.35. The molecular weight excluding hydrogens is 334 g/mol. The molecule has 0 spiro atoms. The molecule has 1 heterocycles. The van der Waals surface area contributed by atoms with E-state index in [1.165, 1.54) is 4.68 Å². The second kappa shape index (κ2) is 6.76. The maximum Gasteiger partial charge on any atom is 0.282 e. The number of nitrogens with one attached hydrogen (secondary N) is 1. The Morgan fingerprint density at radius 1 is 1.43 bits per heavy atom. The number of ether oxygens (including phenoxy) is 1. The van der Waals surface area contributed by atoms with Crippen molar-refractivity contribution in [2.24, 2.45) is 7.05 Å². The third-order valence-corrected chi connectivity index (χ3v) is 4.11. The Morgan fingerprint density at radius 2 is 2.14 bits per heavy atom. The molecule has 1 N–H and O–H groups in total. The topological polar surface area (TPSA) is 56.1 Å². The van der Waals surface area contributed by atoms with Crippen molar-refractivity contribution in [3.63, 3.8) is 0 Å². The number of aromatic nitrogens is 2. The highest BCUT2D eigenvalue weighted by atomic mass is 79.9. The Morgan fingerprint density at radius 3 is 2.86 bits per heavy atom. The van der Waals surface area contributed by atoms with Gasteiger partial charge in [0.25, 0.3) is 5.56 Å². The van der Waals surface area contributed by atoms with Crippen LogP contribution in [-0.4, -0.2) is 23.4 Å². The maximum atomic E-state index is 11.8. The summed E-state index contributed by atoms with van der Waals surface area (Å²) < 4.78 is 7.16. The van der Waals surface area contributed by atoms with Crippen LogP contribution < -0.4 is 15.6 Å². The van der Waals surface area contributed by atoms with Gasteiger partial charge >= 0.3 is 0 Å². The second-order valence-corrected chi connectivity index (χ2v) is 5.62. The van der Waals surface area contributed by atoms with E-state index >= 15 is 0 Å². The zero-order valence-electron chi connectivity index (χ0n) is 12.3. The Bertz CT molecular complexity index is 685. The molecule has 0 saturated carbocycles. The van der Waals surface area contributed by atoms with E-state index in [1.807, 2.05) is 24.3 Å². The van der Waals surface area contributed by atoms with Gasteiger partial charge in [-0.15, -0.1) is 0 Å². The quantitative estimate of drug-likeness (QED) is 0.899. The number of aryl methyl sites for hydroxylation is 1. The molecule has 0 bridgehead atoms. The van der Waals surface area contributed by atoms with Crippen LogP contribution in [0.25, 0.3) is 0 Å². The Kier molecular flexibility index (Phi) is 5.01. The molecule has 0 saturated heterocycles. The molecule has 2 rings (SSSR count). The first-order chi connectivity index (χ1) is 10.0. The van der Waals surface area contributed by atoms with Crippen molar-refractivity contribution in [3.05, 3.63) is 50.9 Å². The fourth-order valence-corrected chi connectivity index (χ4v) is 2.58. The summed E-state index contributed by atoms with van der Waals surface area (Å²) in [6.45, 7) is 2.78. The molecule has 5 nitrogen and oxygen atoms in total. The van der Waals surface area contributed by atoms with Gasteiger partial charge in [0, 0.05) is 19.5 Å². The molecule has 6 heteroatoms. The van der Waals surface area contributed by atoms with Crippen LogP contribution in [0.3, 0.4) is 0 Å². The molecule has 0 aliphatic heterocycles. The average molecular weight is 352 g/mol. The monoisotopic (exact) mass is 351 g/mol. The third kappa shape index (κ3) is 3.44. The first-order valence-electron chi connectivity index (χ1n) is 6.63. The number of nitrogens with zero attached hydrogens (tertiary/aromatic N) is 2. The molecule has 1 unspecified atom stereocenters. The lowest BCUT2D eigenvalue weighted by Gasteiger charge is -2.17. The molecule has 2 aromatic rings. The second-order valence-electron chi connectivity index (χ2n) is 4.82. The Labute approximate surface area is 132 Å². The number of benzene rings is 1. The summed E-state index contributed by atoms with van der Waals surface area (Å²) in [4.78, 5) is 11.8. The summed E-state index contributed by atoms with van der Waals surface area (Å²) >= 11 is 3.30. The minimum Gasteiger partial charge on any atom is -0.496 e. The lowest BCUT2D eigenvalue weighted by atomic mass is 10.00. The highest BCUT2D eigenvalue weighted by molar-refractivity contribution is 9.10. The van der Waals surface area contributed by atoms with Gasteiger partial charge in [-0.05, 0) is 27.6 Å². The van der Waals surface area contributed by atoms with Gasteiger partial charge in [-0.3, -0.25) is 4.79 Å². The number of hydrogen-bond acceptors (Lipinski definition) is 4. The Balaban J connectivity index is 2.13. The molecule has 21 heavy (non-hydrogen) atoms. The van der Waals surface area contributed by atoms with E-state index in [2.05, 4.69) is 33.3 Å². The molecular formula is C15H18BrN3O2. The number of methoxy groups -OCH3 is 1. The first kappa shape index (κ1) is 15.6. The number of rotatable bonds is 5. The van der Waals surface area contributed by atoms with Crippen LogP contribution in [0.2, 0.25) is 0 Å². The van der Waals surface area contributed by atoms with E-state index in [4.69, 9.17) is 4.74 Å². The zero-order chi connectivity index (χ0) is 15.4. The van der Waals surface area contributed by atoms with Crippen molar-refractivity contribution < 1.29 is 4.74 Å². The predicted molar refractivity (Wildman–Crippen MR) is 87.1 cm³/mol. The fourth-order valence-electron chi connectivity index (χ4n) is 2.08. The van der Waals surface area contributed by atoms with Gasteiger partial charge in [0.05, 0.1) is 19.0 Å². The molecule has 0 radical (unpaired) electrons. The summed E-state index contributed by atoms with van der Waals surface area (Å²) in [5.74, 6) is 1.10. The van der Waals surface area contributed by atoms with Crippen molar-refractivity contribution in [3.8, 4) is 5.75 Å². The molecule has 0 aliphatic carbocycles. The van der Waals surface area contributed by atoms with Crippen LogP contribution in [-0.2, 0) is 7.05 Å². The molecule has 0 amide bonds. The predicted octanol–water partition coefficient (Wildman–Crippen LogP) is 2.77. The molecule has 112 valence electrons. The first-order valence-corrected chi connectivity index (χ1v) is 7.42. The van der Waals surface area contributed by atoms with E-state index < -0.39 is 0 Å². The largest absolute Gasteiger partial charge is 0.496 e. The highest BCUT2D eigenvalue weighted by Crippen LogP contribution is 2.27. The van der Waals surface area contributed by atoms with Crippen LogP contribution in [0.4, 0.5) is 5.69 Å². The Hall–Kier alpha value is -1.82. The minimum atomic E-state index is -0.162. The van der Waals surface area contributed by atoms with Crippen molar-refractivity contribution in [1.82, 2.24) is 9.78 Å². The van der Waals surface area contributed by atoms with E-state index in [9.17, 15) is 4.79 Å². The van der Waals surface area contributed by atoms with Crippen molar-refractivity contribution in [2.45, 2.75) is 12.8 Å². The lowest BCUT2D eigenvalue weighted by Crippen LogP contribution is -2.22. The smallest absolute Gasteiger partial charge is 0.282 e. The standard InChI is InChI=1S/C15H18BrN3O2/c1-10(11-6-4-5-7-13(11)21-3)8-17-12-9-18-19(2)15(20)14(12)16/h4-7,9-10,17H,8H2,1-3H3. The number of para-hydroxylation sites is 1. The number of anilines is 1. The summed E-state index contributed by atoms with van der Waals surface area (Å²) in [6.07, 6.45) is 1.64. The molecule has 0 fully saturated rings. The van der Waals surface area contributed by atoms with Gasteiger partial charge in [-0.25, -0.2) is 4.68 Å². The molecule has 1 aromatic heterocycles. The van der Waals surface area contributed by atoms with Crippen LogP contribution in [0.5, 0.6) is 5.75 Å². The van der Waals surface area contributed by atoms with E-state index in [-0.39, 0.29) is 11.5 Å². The molecule has 1 atom stereocenters. The summed E-state index contributed by atoms with van der Waals surface area (Å²) in [5, 5.41) is 7.26. The van der Waals surface area contributed by atoms with Crippen LogP contribution in [0, 0.1) is 0 Å². The highest BCUT2D eigenvalue weighted by Gasteiger charge is 2.12. The van der Waals surface area contributed by atoms with E-state index in [1.54, 1.807) is 20.4 Å². The van der Waals surface area contributed by atoms with Gasteiger partial charge in [0.1, 0.15) is 10.2 Å².